The summed E-state index contributed by atoms with van der Waals surface area (Å²) in [6.07, 6.45) is 3.32. The van der Waals surface area contributed by atoms with E-state index >= 15 is 0 Å². The fraction of sp³-hybridized carbons (Fsp3) is 0.526. The van der Waals surface area contributed by atoms with Crippen LogP contribution in [0.5, 0.6) is 0 Å². The molecule has 24 heavy (non-hydrogen) atoms. The van der Waals surface area contributed by atoms with Gasteiger partial charge in [0, 0.05) is 31.3 Å². The summed E-state index contributed by atoms with van der Waals surface area (Å²) in [5.41, 5.74) is 1.46. The maximum absolute atomic E-state index is 12.7. The molecule has 0 aliphatic heterocycles. The first-order valence-electron chi connectivity index (χ1n) is 8.45. The van der Waals surface area contributed by atoms with Crippen LogP contribution in [0, 0.1) is 17.8 Å². The van der Waals surface area contributed by atoms with E-state index in [1.807, 2.05) is 12.1 Å². The van der Waals surface area contributed by atoms with Gasteiger partial charge in [-0.05, 0) is 43.4 Å². The van der Waals surface area contributed by atoms with E-state index in [0.717, 1.165) is 18.4 Å². The molecule has 1 aromatic carbocycles. The summed E-state index contributed by atoms with van der Waals surface area (Å²) in [7, 11) is 3.15. The Balaban J connectivity index is 1.60. The van der Waals surface area contributed by atoms with Gasteiger partial charge in [-0.15, -0.1) is 0 Å². The first-order valence-corrected chi connectivity index (χ1v) is 8.45. The monoisotopic (exact) mass is 329 g/mol. The minimum absolute atomic E-state index is 0.0282. The second-order valence-corrected chi connectivity index (χ2v) is 6.92. The first kappa shape index (κ1) is 16.7. The van der Waals surface area contributed by atoms with E-state index in [0.29, 0.717) is 30.7 Å². The Kier molecular flexibility index (Phi) is 4.69. The molecule has 2 aliphatic carbocycles. The number of amides is 1. The van der Waals surface area contributed by atoms with Gasteiger partial charge < -0.3 is 9.64 Å². The van der Waals surface area contributed by atoms with Crippen molar-refractivity contribution >= 4 is 17.7 Å². The molecule has 2 fully saturated rings. The van der Waals surface area contributed by atoms with Crippen LogP contribution in [0.15, 0.2) is 24.3 Å². The fourth-order valence-corrected chi connectivity index (χ4v) is 4.00. The highest BCUT2D eigenvalue weighted by molar-refractivity contribution is 5.90. The third-order valence-electron chi connectivity index (χ3n) is 5.33. The van der Waals surface area contributed by atoms with Crippen LogP contribution in [0.3, 0.4) is 0 Å². The van der Waals surface area contributed by atoms with Crippen LogP contribution in [0.25, 0.3) is 0 Å². The Morgan fingerprint density at radius 3 is 2.25 bits per heavy atom. The largest absolute Gasteiger partial charge is 0.465 e. The number of hydrogen-bond acceptors (Lipinski definition) is 4. The second kappa shape index (κ2) is 6.75. The van der Waals surface area contributed by atoms with Gasteiger partial charge in [0.2, 0.25) is 5.91 Å². The van der Waals surface area contributed by atoms with Gasteiger partial charge in [-0.25, -0.2) is 4.79 Å². The molecule has 2 saturated carbocycles. The highest BCUT2D eigenvalue weighted by Crippen LogP contribution is 2.42. The van der Waals surface area contributed by atoms with Gasteiger partial charge in [0.15, 0.2) is 0 Å². The predicted octanol–water partition coefficient (Wildman–Crippen LogP) is 2.44. The lowest BCUT2D eigenvalue weighted by atomic mass is 9.79. The highest BCUT2D eigenvalue weighted by atomic mass is 16.5. The van der Waals surface area contributed by atoms with Gasteiger partial charge in [0.1, 0.15) is 5.78 Å². The number of carbonyl (C=O) groups excluding carboxylic acids is 3. The van der Waals surface area contributed by atoms with Crippen molar-refractivity contribution in [3.63, 3.8) is 0 Å². The number of methoxy groups -OCH3 is 1. The molecule has 0 aromatic heterocycles. The molecule has 0 saturated heterocycles. The van der Waals surface area contributed by atoms with Gasteiger partial charge in [-0.1, -0.05) is 12.1 Å². The predicted molar refractivity (Wildman–Crippen MR) is 88.2 cm³/mol. The van der Waals surface area contributed by atoms with E-state index in [2.05, 4.69) is 4.74 Å². The highest BCUT2D eigenvalue weighted by Gasteiger charge is 2.44. The minimum atomic E-state index is -0.367. The summed E-state index contributed by atoms with van der Waals surface area (Å²) in [5.74, 6) is 0.306. The van der Waals surface area contributed by atoms with Crippen LogP contribution >= 0.6 is 0 Å². The van der Waals surface area contributed by atoms with Crippen LogP contribution in [0.4, 0.5) is 0 Å². The van der Waals surface area contributed by atoms with E-state index in [-0.39, 0.29) is 29.6 Å². The van der Waals surface area contributed by atoms with Gasteiger partial charge >= 0.3 is 5.97 Å². The molecule has 0 spiro atoms. The van der Waals surface area contributed by atoms with Gasteiger partial charge in [-0.3, -0.25) is 9.59 Å². The third-order valence-corrected chi connectivity index (χ3v) is 5.33. The Bertz CT molecular complexity index is 636. The van der Waals surface area contributed by atoms with Crippen LogP contribution < -0.4 is 0 Å². The lowest BCUT2D eigenvalue weighted by Crippen LogP contribution is -2.38. The number of ketones is 1. The van der Waals surface area contributed by atoms with Crippen molar-refractivity contribution < 1.29 is 19.1 Å². The first-order chi connectivity index (χ1) is 11.5. The zero-order chi connectivity index (χ0) is 17.3. The van der Waals surface area contributed by atoms with Gasteiger partial charge in [-0.2, -0.15) is 0 Å². The lowest BCUT2D eigenvalue weighted by molar-refractivity contribution is -0.139. The van der Waals surface area contributed by atoms with Crippen molar-refractivity contribution in [1.29, 1.82) is 0 Å². The third kappa shape index (κ3) is 3.21. The summed E-state index contributed by atoms with van der Waals surface area (Å²) in [5, 5.41) is 0. The number of benzene rings is 1. The molecule has 2 unspecified atom stereocenters. The second-order valence-electron chi connectivity index (χ2n) is 6.92. The zero-order valence-corrected chi connectivity index (χ0v) is 14.2. The average Bonchev–Trinajstić information content (AvgIpc) is 2.81. The molecule has 128 valence electrons. The van der Waals surface area contributed by atoms with Crippen molar-refractivity contribution in [2.45, 2.75) is 32.2 Å². The summed E-state index contributed by atoms with van der Waals surface area (Å²) in [6.45, 7) is 0.500. The number of rotatable bonds is 4. The van der Waals surface area contributed by atoms with E-state index in [9.17, 15) is 14.4 Å². The molecule has 0 radical (unpaired) electrons. The molecule has 1 amide bonds. The maximum Gasteiger partial charge on any atom is 0.337 e. The normalized spacial score (nSPS) is 25.4. The molecular formula is C19H23NO4. The molecule has 5 nitrogen and oxygen atoms in total. The van der Waals surface area contributed by atoms with Crippen molar-refractivity contribution in [3.8, 4) is 0 Å². The van der Waals surface area contributed by atoms with Crippen LogP contribution in [-0.2, 0) is 20.9 Å². The number of fused-ring (bicyclic) bond motifs is 2. The number of Topliss-reactive ketones (excluding diaryl/α,β-unsaturated/α-hetero) is 1. The Morgan fingerprint density at radius 2 is 1.71 bits per heavy atom. The van der Waals surface area contributed by atoms with Crippen molar-refractivity contribution in [2.24, 2.45) is 17.8 Å². The quantitative estimate of drug-likeness (QED) is 0.796. The van der Waals surface area contributed by atoms with E-state index in [4.69, 9.17) is 0 Å². The summed E-state index contributed by atoms with van der Waals surface area (Å²) < 4.78 is 4.68. The topological polar surface area (TPSA) is 63.7 Å². The Morgan fingerprint density at radius 1 is 1.12 bits per heavy atom. The molecule has 3 rings (SSSR count). The van der Waals surface area contributed by atoms with Gasteiger partial charge in [0.25, 0.3) is 0 Å². The molecular weight excluding hydrogens is 306 g/mol. The zero-order valence-electron chi connectivity index (χ0n) is 14.2. The van der Waals surface area contributed by atoms with Crippen molar-refractivity contribution in [3.05, 3.63) is 35.4 Å². The Hall–Kier alpha value is -2.17. The molecule has 0 heterocycles. The van der Waals surface area contributed by atoms with Crippen LogP contribution in [0.2, 0.25) is 0 Å². The molecule has 0 N–H and O–H groups in total. The summed E-state index contributed by atoms with van der Waals surface area (Å²) in [6, 6.07) is 7.09. The number of esters is 1. The smallest absolute Gasteiger partial charge is 0.337 e. The number of nitrogens with zero attached hydrogens (tertiary/aromatic N) is 1. The van der Waals surface area contributed by atoms with Crippen LogP contribution in [0.1, 0.15) is 41.6 Å². The summed E-state index contributed by atoms with van der Waals surface area (Å²) >= 11 is 0. The van der Waals surface area contributed by atoms with Crippen molar-refractivity contribution in [2.75, 3.05) is 14.2 Å². The molecule has 1 aromatic rings. The van der Waals surface area contributed by atoms with Gasteiger partial charge in [0.05, 0.1) is 12.7 Å². The van der Waals surface area contributed by atoms with E-state index in [1.54, 1.807) is 24.1 Å². The number of hydrogen-bond donors (Lipinski definition) is 0. The molecule has 2 aliphatic rings. The average molecular weight is 329 g/mol. The number of carbonyl (C=O) groups is 3. The molecule has 2 bridgehead atoms. The van der Waals surface area contributed by atoms with Crippen molar-refractivity contribution in [1.82, 2.24) is 4.90 Å². The maximum atomic E-state index is 12.7. The molecule has 5 heteroatoms. The lowest BCUT2D eigenvalue weighted by Gasteiger charge is -2.29. The standard InChI is InChI=1S/C19H23NO4/c1-20(11-12-3-5-13(6-4-12)19(23)24-2)18(22)16-9-14-7-8-15(10-16)17(14)21/h3-6,14-16H,7-11H2,1-2H3. The minimum Gasteiger partial charge on any atom is -0.465 e. The Labute approximate surface area is 142 Å². The molecule has 2 atom stereocenters. The van der Waals surface area contributed by atoms with Crippen LogP contribution in [-0.4, -0.2) is 36.7 Å². The fourth-order valence-electron chi connectivity index (χ4n) is 4.00. The van der Waals surface area contributed by atoms with E-state index in [1.165, 1.54) is 7.11 Å². The van der Waals surface area contributed by atoms with E-state index < -0.39 is 0 Å². The number of ether oxygens (including phenoxy) is 1. The SMILES string of the molecule is COC(=O)c1ccc(CN(C)C(=O)C2CC3CCC(C2)C3=O)cc1. The summed E-state index contributed by atoms with van der Waals surface area (Å²) in [4.78, 5) is 37.8.